The molecule has 0 aliphatic carbocycles. The van der Waals surface area contributed by atoms with Crippen molar-refractivity contribution in [2.75, 3.05) is 5.43 Å². The Morgan fingerprint density at radius 1 is 1.39 bits per heavy atom. The number of anilines is 1. The lowest BCUT2D eigenvalue weighted by Gasteiger charge is -2.19. The molecule has 1 amide bonds. The molecule has 1 unspecified atom stereocenters. The predicted molar refractivity (Wildman–Crippen MR) is 90.6 cm³/mol. The summed E-state index contributed by atoms with van der Waals surface area (Å²) in [5.41, 5.74) is 9.82. The molecule has 1 aliphatic heterocycles. The molecule has 2 aromatic rings. The molecule has 0 fully saturated rings. The van der Waals surface area contributed by atoms with Gasteiger partial charge in [0.05, 0.1) is 35.0 Å². The molecule has 1 aromatic heterocycles. The van der Waals surface area contributed by atoms with Gasteiger partial charge in [0.25, 0.3) is 0 Å². The van der Waals surface area contributed by atoms with Gasteiger partial charge in [0, 0.05) is 12.3 Å². The highest BCUT2D eigenvalue weighted by molar-refractivity contribution is 6.99. The second-order valence-electron chi connectivity index (χ2n) is 5.32. The fourth-order valence-electron chi connectivity index (χ4n) is 2.25. The van der Waals surface area contributed by atoms with Crippen molar-refractivity contribution < 1.29 is 4.79 Å². The van der Waals surface area contributed by atoms with Gasteiger partial charge < -0.3 is 0 Å². The summed E-state index contributed by atoms with van der Waals surface area (Å²) in [5, 5.41) is 8.44. The maximum absolute atomic E-state index is 11.3. The molecule has 0 bridgehead atoms. The van der Waals surface area contributed by atoms with Crippen molar-refractivity contribution in [3.63, 3.8) is 0 Å². The monoisotopic (exact) mass is 328 g/mol. The van der Waals surface area contributed by atoms with E-state index in [1.807, 2.05) is 38.1 Å². The normalized spacial score (nSPS) is 18.3. The summed E-state index contributed by atoms with van der Waals surface area (Å²) in [7, 11) is 0. The molecule has 0 spiro atoms. The zero-order valence-electron chi connectivity index (χ0n) is 12.8. The van der Waals surface area contributed by atoms with E-state index in [2.05, 4.69) is 29.8 Å². The number of benzene rings is 1. The van der Waals surface area contributed by atoms with E-state index in [0.717, 1.165) is 40.1 Å². The third-order valence-electron chi connectivity index (χ3n) is 3.52. The molecule has 2 N–H and O–H groups in total. The summed E-state index contributed by atoms with van der Waals surface area (Å²) in [6.07, 6.45) is 2.15. The Kier molecular flexibility index (Phi) is 4.42. The average Bonchev–Trinajstić information content (AvgIpc) is 3.08. The highest BCUT2D eigenvalue weighted by atomic mass is 32.1. The SMILES string of the molecule is CC(=NNc1ccc(C2=NNC(=O)CC2C)cc1)c1cnsn1. The molecule has 0 saturated carbocycles. The first kappa shape index (κ1) is 15.3. The van der Waals surface area contributed by atoms with Crippen LogP contribution in [0.4, 0.5) is 5.69 Å². The van der Waals surface area contributed by atoms with Gasteiger partial charge in [0.1, 0.15) is 5.69 Å². The van der Waals surface area contributed by atoms with E-state index >= 15 is 0 Å². The van der Waals surface area contributed by atoms with Crippen LogP contribution in [-0.4, -0.2) is 26.1 Å². The van der Waals surface area contributed by atoms with Crippen LogP contribution < -0.4 is 10.9 Å². The molecule has 23 heavy (non-hydrogen) atoms. The van der Waals surface area contributed by atoms with Crippen LogP contribution in [0.25, 0.3) is 0 Å². The van der Waals surface area contributed by atoms with E-state index in [0.29, 0.717) is 6.42 Å². The molecule has 118 valence electrons. The number of amides is 1. The number of nitrogens with zero attached hydrogens (tertiary/aromatic N) is 4. The average molecular weight is 328 g/mol. The van der Waals surface area contributed by atoms with Crippen LogP contribution in [0.2, 0.25) is 0 Å². The Bertz CT molecular complexity index is 751. The Morgan fingerprint density at radius 2 is 2.17 bits per heavy atom. The molecule has 3 rings (SSSR count). The summed E-state index contributed by atoms with van der Waals surface area (Å²) >= 11 is 1.16. The van der Waals surface area contributed by atoms with E-state index in [1.165, 1.54) is 0 Å². The number of carbonyl (C=O) groups is 1. The molecule has 0 radical (unpaired) electrons. The van der Waals surface area contributed by atoms with Gasteiger partial charge in [-0.2, -0.15) is 18.9 Å². The van der Waals surface area contributed by atoms with Crippen LogP contribution in [0.3, 0.4) is 0 Å². The third-order valence-corrected chi connectivity index (χ3v) is 4.00. The molecule has 1 aromatic carbocycles. The molecular weight excluding hydrogens is 312 g/mol. The van der Waals surface area contributed by atoms with Gasteiger partial charge in [-0.05, 0) is 24.6 Å². The summed E-state index contributed by atoms with van der Waals surface area (Å²) in [6.45, 7) is 3.87. The van der Waals surface area contributed by atoms with Gasteiger partial charge in [-0.3, -0.25) is 10.2 Å². The van der Waals surface area contributed by atoms with Crippen molar-refractivity contribution in [3.8, 4) is 0 Å². The van der Waals surface area contributed by atoms with Crippen molar-refractivity contribution >= 4 is 34.7 Å². The summed E-state index contributed by atoms with van der Waals surface area (Å²) in [5.74, 6) is 0.0702. The van der Waals surface area contributed by atoms with Crippen LogP contribution in [0.1, 0.15) is 31.5 Å². The van der Waals surface area contributed by atoms with Crippen molar-refractivity contribution in [1.82, 2.24) is 14.2 Å². The van der Waals surface area contributed by atoms with Gasteiger partial charge in [-0.25, -0.2) is 5.43 Å². The molecule has 0 saturated heterocycles. The summed E-state index contributed by atoms with van der Waals surface area (Å²) < 4.78 is 8.08. The summed E-state index contributed by atoms with van der Waals surface area (Å²) in [4.78, 5) is 11.3. The largest absolute Gasteiger partial charge is 0.278 e. The molecule has 2 heterocycles. The molecule has 1 atom stereocenters. The number of carbonyl (C=O) groups excluding carboxylic acids is 1. The maximum Gasteiger partial charge on any atom is 0.240 e. The number of rotatable bonds is 4. The zero-order valence-corrected chi connectivity index (χ0v) is 13.6. The number of aromatic nitrogens is 2. The lowest BCUT2D eigenvalue weighted by Crippen LogP contribution is -2.31. The van der Waals surface area contributed by atoms with E-state index in [-0.39, 0.29) is 11.8 Å². The van der Waals surface area contributed by atoms with Crippen molar-refractivity contribution in [3.05, 3.63) is 41.7 Å². The van der Waals surface area contributed by atoms with Gasteiger partial charge in [0.15, 0.2) is 0 Å². The first-order valence-electron chi connectivity index (χ1n) is 7.18. The van der Waals surface area contributed by atoms with E-state index in [4.69, 9.17) is 0 Å². The van der Waals surface area contributed by atoms with Gasteiger partial charge in [-0.15, -0.1) is 0 Å². The van der Waals surface area contributed by atoms with E-state index in [9.17, 15) is 4.79 Å². The minimum atomic E-state index is -0.0409. The molecule has 7 nitrogen and oxygen atoms in total. The smallest absolute Gasteiger partial charge is 0.240 e. The Hall–Kier alpha value is -2.61. The molecule has 8 heteroatoms. The second kappa shape index (κ2) is 6.66. The van der Waals surface area contributed by atoms with Gasteiger partial charge in [0.2, 0.25) is 5.91 Å². The Labute approximate surface area is 137 Å². The standard InChI is InChI=1S/C15H16N6OS/c1-9-7-14(22)19-20-15(9)11-3-5-12(6-4-11)18-17-10(2)13-8-16-23-21-13/h3-6,8-9,18H,7H2,1-2H3,(H,19,22). The van der Waals surface area contributed by atoms with E-state index in [1.54, 1.807) is 6.20 Å². The number of hydrazone groups is 2. The fourth-order valence-corrected chi connectivity index (χ4v) is 2.71. The van der Waals surface area contributed by atoms with Crippen LogP contribution in [0.15, 0.2) is 40.7 Å². The lowest BCUT2D eigenvalue weighted by molar-refractivity contribution is -0.121. The van der Waals surface area contributed by atoms with Crippen LogP contribution in [-0.2, 0) is 4.79 Å². The third kappa shape index (κ3) is 3.59. The van der Waals surface area contributed by atoms with Crippen molar-refractivity contribution in [2.24, 2.45) is 16.1 Å². The first-order chi connectivity index (χ1) is 11.1. The minimum Gasteiger partial charge on any atom is -0.278 e. The molecular formula is C15H16N6OS. The number of hydrogen-bond acceptors (Lipinski definition) is 7. The zero-order chi connectivity index (χ0) is 16.2. The Morgan fingerprint density at radius 3 is 2.83 bits per heavy atom. The first-order valence-corrected chi connectivity index (χ1v) is 7.91. The van der Waals surface area contributed by atoms with Crippen molar-refractivity contribution in [1.29, 1.82) is 0 Å². The minimum absolute atomic E-state index is 0.0409. The number of nitrogens with one attached hydrogen (secondary N) is 2. The van der Waals surface area contributed by atoms with Gasteiger partial charge >= 0.3 is 0 Å². The van der Waals surface area contributed by atoms with Crippen molar-refractivity contribution in [2.45, 2.75) is 20.3 Å². The maximum atomic E-state index is 11.3. The highest BCUT2D eigenvalue weighted by Gasteiger charge is 2.21. The highest BCUT2D eigenvalue weighted by Crippen LogP contribution is 2.18. The van der Waals surface area contributed by atoms with E-state index < -0.39 is 0 Å². The van der Waals surface area contributed by atoms with Crippen LogP contribution in [0.5, 0.6) is 0 Å². The number of hydrogen-bond donors (Lipinski definition) is 2. The topological polar surface area (TPSA) is 91.6 Å². The fraction of sp³-hybridized carbons (Fsp3) is 0.267. The Balaban J connectivity index is 1.70. The second-order valence-corrected chi connectivity index (χ2v) is 5.87. The van der Waals surface area contributed by atoms with Crippen LogP contribution >= 0.6 is 11.7 Å². The molecule has 1 aliphatic rings. The van der Waals surface area contributed by atoms with Gasteiger partial charge in [-0.1, -0.05) is 19.1 Å². The predicted octanol–water partition coefficient (Wildman–Crippen LogP) is 2.23. The van der Waals surface area contributed by atoms with Crippen LogP contribution in [0, 0.1) is 5.92 Å². The quantitative estimate of drug-likeness (QED) is 0.665. The summed E-state index contributed by atoms with van der Waals surface area (Å²) in [6, 6.07) is 7.78. The lowest BCUT2D eigenvalue weighted by atomic mass is 9.94.